The van der Waals surface area contributed by atoms with Crippen LogP contribution < -0.4 is 5.32 Å². The van der Waals surface area contributed by atoms with Crippen molar-refractivity contribution in [1.82, 2.24) is 10.3 Å². The van der Waals surface area contributed by atoms with E-state index in [-0.39, 0.29) is 22.7 Å². The van der Waals surface area contributed by atoms with Crippen LogP contribution in [-0.2, 0) is 6.18 Å². The van der Waals surface area contributed by atoms with Crippen molar-refractivity contribution in [3.8, 4) is 0 Å². The van der Waals surface area contributed by atoms with Crippen molar-refractivity contribution in [1.29, 1.82) is 0 Å². The summed E-state index contributed by atoms with van der Waals surface area (Å²) in [6, 6.07) is 9.95. The highest BCUT2D eigenvalue weighted by Crippen LogP contribution is 2.42. The van der Waals surface area contributed by atoms with Crippen molar-refractivity contribution in [2.75, 3.05) is 0 Å². The predicted octanol–water partition coefficient (Wildman–Crippen LogP) is 4.80. The van der Waals surface area contributed by atoms with Crippen LogP contribution in [0.2, 0.25) is 0 Å². The third-order valence-electron chi connectivity index (χ3n) is 4.45. The molecule has 8 heteroatoms. The fourth-order valence-corrected chi connectivity index (χ4v) is 3.19. The Morgan fingerprint density at radius 2 is 1.92 bits per heavy atom. The van der Waals surface area contributed by atoms with Gasteiger partial charge < -0.3 is 14.7 Å². The second kappa shape index (κ2) is 5.98. The molecule has 0 saturated heterocycles. The van der Waals surface area contributed by atoms with Crippen molar-refractivity contribution in [2.45, 2.75) is 24.6 Å². The Morgan fingerprint density at radius 3 is 2.62 bits per heavy atom. The van der Waals surface area contributed by atoms with E-state index in [2.05, 4.69) is 10.3 Å². The fourth-order valence-electron chi connectivity index (χ4n) is 2.99. The molecule has 0 unspecified atom stereocenters. The highest BCUT2D eigenvalue weighted by molar-refractivity contribution is 7.71. The van der Waals surface area contributed by atoms with Crippen LogP contribution in [0.3, 0.4) is 0 Å². The summed E-state index contributed by atoms with van der Waals surface area (Å²) in [6.45, 7) is 0. The van der Waals surface area contributed by atoms with Crippen molar-refractivity contribution in [3.05, 3.63) is 64.0 Å². The fraction of sp³-hybridized carbons (Fsp3) is 0.222. The van der Waals surface area contributed by atoms with E-state index in [1.807, 2.05) is 0 Å². The first-order valence-corrected chi connectivity index (χ1v) is 8.33. The number of H-pyrrole nitrogens is 1. The lowest BCUT2D eigenvalue weighted by molar-refractivity contribution is -0.137. The first kappa shape index (κ1) is 16.8. The van der Waals surface area contributed by atoms with Gasteiger partial charge in [0.2, 0.25) is 0 Å². The first-order valence-electron chi connectivity index (χ1n) is 7.92. The van der Waals surface area contributed by atoms with E-state index in [1.54, 1.807) is 18.2 Å². The lowest BCUT2D eigenvalue weighted by Gasteiger charge is -2.08. The number of carbonyl (C=O) groups is 1. The normalized spacial score (nSPS) is 19.5. The maximum absolute atomic E-state index is 12.6. The number of oxazole rings is 1. The molecule has 0 spiro atoms. The predicted molar refractivity (Wildman–Crippen MR) is 91.5 cm³/mol. The number of halogens is 3. The topological polar surface area (TPSA) is 58.0 Å². The third kappa shape index (κ3) is 3.24. The maximum Gasteiger partial charge on any atom is 0.416 e. The summed E-state index contributed by atoms with van der Waals surface area (Å²) in [6.07, 6.45) is -3.64. The zero-order valence-electron chi connectivity index (χ0n) is 13.3. The second-order valence-corrected chi connectivity index (χ2v) is 6.64. The van der Waals surface area contributed by atoms with Gasteiger partial charge in [0.1, 0.15) is 0 Å². The molecule has 1 aliphatic rings. The Kier molecular flexibility index (Phi) is 3.87. The zero-order valence-corrected chi connectivity index (χ0v) is 14.1. The number of rotatable bonds is 3. The van der Waals surface area contributed by atoms with Crippen LogP contribution in [0.4, 0.5) is 13.2 Å². The minimum absolute atomic E-state index is 0.0321. The minimum atomic E-state index is -4.34. The number of hydrogen-bond acceptors (Lipinski definition) is 3. The molecule has 0 bridgehead atoms. The Bertz CT molecular complexity index is 1040. The molecule has 0 aliphatic heterocycles. The van der Waals surface area contributed by atoms with Crippen LogP contribution in [0.15, 0.2) is 46.9 Å². The van der Waals surface area contributed by atoms with E-state index < -0.39 is 11.7 Å². The largest absolute Gasteiger partial charge is 0.429 e. The first-order chi connectivity index (χ1) is 12.3. The molecular formula is C18H13F3N2O2S. The number of fused-ring (bicyclic) bond motifs is 1. The summed E-state index contributed by atoms with van der Waals surface area (Å²) in [5.74, 6) is -0.212. The summed E-state index contributed by atoms with van der Waals surface area (Å²) in [5.41, 5.74) is 1.78. The Labute approximate surface area is 151 Å². The second-order valence-electron chi connectivity index (χ2n) is 6.27. The van der Waals surface area contributed by atoms with Gasteiger partial charge in [-0.15, -0.1) is 0 Å². The van der Waals surface area contributed by atoms with Gasteiger partial charge in [-0.25, -0.2) is 0 Å². The molecule has 1 aromatic heterocycles. The SMILES string of the molecule is O=C(N[C@@H]1C[C@H]1c1ccc(C(F)(F)F)cc1)c1ccc2oc(=S)[nH]c2c1. The van der Waals surface area contributed by atoms with Crippen molar-refractivity contribution >= 4 is 29.2 Å². The van der Waals surface area contributed by atoms with Gasteiger partial charge in [0, 0.05) is 17.5 Å². The molecule has 1 aliphatic carbocycles. The van der Waals surface area contributed by atoms with E-state index in [1.165, 1.54) is 12.1 Å². The Balaban J connectivity index is 1.43. The smallest absolute Gasteiger partial charge is 0.416 e. The highest BCUT2D eigenvalue weighted by atomic mass is 32.1. The lowest BCUT2D eigenvalue weighted by Crippen LogP contribution is -2.26. The van der Waals surface area contributed by atoms with Gasteiger partial charge in [0.15, 0.2) is 5.58 Å². The van der Waals surface area contributed by atoms with Gasteiger partial charge in [-0.05, 0) is 54.5 Å². The zero-order chi connectivity index (χ0) is 18.5. The molecule has 2 aromatic carbocycles. The van der Waals surface area contributed by atoms with Crippen LogP contribution in [-0.4, -0.2) is 16.9 Å². The number of benzene rings is 2. The van der Waals surface area contributed by atoms with Gasteiger partial charge in [-0.3, -0.25) is 4.79 Å². The van der Waals surface area contributed by atoms with Gasteiger partial charge in [0.05, 0.1) is 11.1 Å². The van der Waals surface area contributed by atoms with Gasteiger partial charge >= 0.3 is 6.18 Å². The van der Waals surface area contributed by atoms with Gasteiger partial charge in [-0.2, -0.15) is 13.2 Å². The molecule has 2 N–H and O–H groups in total. The summed E-state index contributed by atoms with van der Waals surface area (Å²) in [7, 11) is 0. The van der Waals surface area contributed by atoms with Gasteiger partial charge in [0.25, 0.3) is 10.7 Å². The Morgan fingerprint density at radius 1 is 1.19 bits per heavy atom. The minimum Gasteiger partial charge on any atom is -0.429 e. The molecule has 1 amide bonds. The van der Waals surface area contributed by atoms with Crippen LogP contribution >= 0.6 is 12.2 Å². The van der Waals surface area contributed by atoms with E-state index in [9.17, 15) is 18.0 Å². The molecule has 1 fully saturated rings. The average molecular weight is 378 g/mol. The molecule has 1 saturated carbocycles. The maximum atomic E-state index is 12.6. The highest BCUT2D eigenvalue weighted by Gasteiger charge is 2.40. The van der Waals surface area contributed by atoms with E-state index >= 15 is 0 Å². The molecule has 134 valence electrons. The number of carbonyl (C=O) groups excluding carboxylic acids is 1. The standard InChI is InChI=1S/C18H13F3N2O2S/c19-18(20,21)11-4-1-9(2-5-11)12-8-13(12)22-16(24)10-3-6-15-14(7-10)23-17(26)25-15/h1-7,12-13H,8H2,(H,22,24)(H,23,26)/t12-,13+/m0/s1. The van der Waals surface area contributed by atoms with E-state index in [4.69, 9.17) is 16.6 Å². The number of nitrogens with one attached hydrogen (secondary N) is 2. The number of amides is 1. The molecule has 2 atom stereocenters. The van der Waals surface area contributed by atoms with E-state index in [0.29, 0.717) is 23.1 Å². The van der Waals surface area contributed by atoms with E-state index in [0.717, 1.165) is 17.7 Å². The molecule has 3 aromatic rings. The van der Waals surface area contributed by atoms with Crippen LogP contribution in [0.5, 0.6) is 0 Å². The van der Waals surface area contributed by atoms with Crippen LogP contribution in [0.1, 0.15) is 33.8 Å². The molecule has 26 heavy (non-hydrogen) atoms. The van der Waals surface area contributed by atoms with Crippen molar-refractivity contribution in [2.24, 2.45) is 0 Å². The number of aromatic amines is 1. The molecule has 4 rings (SSSR count). The average Bonchev–Trinajstić information content (AvgIpc) is 3.24. The molecule has 4 nitrogen and oxygen atoms in total. The summed E-state index contributed by atoms with van der Waals surface area (Å²) < 4.78 is 43.1. The summed E-state index contributed by atoms with van der Waals surface area (Å²) in [5, 5.41) is 2.90. The quantitative estimate of drug-likeness (QED) is 0.644. The van der Waals surface area contributed by atoms with Gasteiger partial charge in [-0.1, -0.05) is 12.1 Å². The third-order valence-corrected chi connectivity index (χ3v) is 4.64. The molecular weight excluding hydrogens is 365 g/mol. The number of aromatic nitrogens is 1. The summed E-state index contributed by atoms with van der Waals surface area (Å²) in [4.78, 5) is 15.5. The Hall–Kier alpha value is -2.61. The summed E-state index contributed by atoms with van der Waals surface area (Å²) >= 11 is 4.91. The van der Waals surface area contributed by atoms with Crippen molar-refractivity contribution in [3.63, 3.8) is 0 Å². The molecule has 0 radical (unpaired) electrons. The monoisotopic (exact) mass is 378 g/mol. The lowest BCUT2D eigenvalue weighted by atomic mass is 10.1. The van der Waals surface area contributed by atoms with Crippen molar-refractivity contribution < 1.29 is 22.4 Å². The number of hydrogen-bond donors (Lipinski definition) is 2. The number of alkyl halides is 3. The van der Waals surface area contributed by atoms with Crippen LogP contribution in [0.25, 0.3) is 11.1 Å². The van der Waals surface area contributed by atoms with Crippen LogP contribution in [0, 0.1) is 4.84 Å². The molecule has 1 heterocycles.